The highest BCUT2D eigenvalue weighted by atomic mass is 32.2. The van der Waals surface area contributed by atoms with Crippen LogP contribution in [0.5, 0.6) is 0 Å². The number of carboxylic acid groups (broad SMARTS) is 1. The maximum Gasteiger partial charge on any atom is 0.318 e. The Morgan fingerprint density at radius 2 is 1.64 bits per heavy atom. The molecule has 1 saturated carbocycles. The van der Waals surface area contributed by atoms with Crippen molar-refractivity contribution in [2.24, 2.45) is 0 Å². The fraction of sp³-hybridized carbons (Fsp3) is 0.588. The number of hydrogen-bond acceptors (Lipinski definition) is 4. The summed E-state index contributed by atoms with van der Waals surface area (Å²) in [5, 5.41) is 10.8. The van der Waals surface area contributed by atoms with Crippen molar-refractivity contribution < 1.29 is 18.3 Å². The number of carboxylic acids is 1. The monoisotopic (exact) mass is 326 g/mol. The molecule has 0 unspecified atom stereocenters. The molecule has 124 valence electrons. The Kier molecular flexibility index (Phi) is 9.95. The maximum absolute atomic E-state index is 10.1. The van der Waals surface area contributed by atoms with Crippen molar-refractivity contribution in [2.45, 2.75) is 51.2 Å². The third kappa shape index (κ3) is 7.29. The molecule has 1 aliphatic rings. The Hall–Kier alpha value is -1.04. The van der Waals surface area contributed by atoms with Crippen molar-refractivity contribution in [3.05, 3.63) is 35.9 Å². The molecule has 5 heteroatoms. The third-order valence-corrected chi connectivity index (χ3v) is 5.25. The molecule has 4 nitrogen and oxygen atoms in total. The van der Waals surface area contributed by atoms with E-state index in [0.29, 0.717) is 5.25 Å². The van der Waals surface area contributed by atoms with Gasteiger partial charge in [-0.05, 0) is 32.3 Å². The zero-order valence-corrected chi connectivity index (χ0v) is 14.3. The standard InChI is InChI=1S/C10H21O2S.C7H6O2/c1-3-11-13(12-4-2)10-8-6-5-7-9-10;8-7(9)6-4-2-1-3-5-6/h10H,3-9H2,1-2H3;1-5H,(H,8,9)/q+1;/p-1. The van der Waals surface area contributed by atoms with E-state index in [1.54, 1.807) is 18.2 Å². The Bertz CT molecular complexity index is 398. The van der Waals surface area contributed by atoms with E-state index in [-0.39, 0.29) is 17.0 Å². The lowest BCUT2D eigenvalue weighted by Gasteiger charge is -2.18. The van der Waals surface area contributed by atoms with Gasteiger partial charge in [0.25, 0.3) is 0 Å². The minimum Gasteiger partial charge on any atom is -0.545 e. The first-order valence-corrected chi connectivity index (χ1v) is 9.08. The van der Waals surface area contributed by atoms with Gasteiger partial charge in [-0.15, -0.1) is 8.37 Å². The largest absolute Gasteiger partial charge is 0.545 e. The maximum atomic E-state index is 10.1. The Balaban J connectivity index is 0.000000235. The van der Waals surface area contributed by atoms with Crippen LogP contribution in [0, 0.1) is 0 Å². The lowest BCUT2D eigenvalue weighted by atomic mass is 10.0. The molecule has 0 bridgehead atoms. The van der Waals surface area contributed by atoms with E-state index < -0.39 is 5.97 Å². The van der Waals surface area contributed by atoms with E-state index in [2.05, 4.69) is 0 Å². The van der Waals surface area contributed by atoms with Crippen LogP contribution in [0.15, 0.2) is 30.3 Å². The smallest absolute Gasteiger partial charge is 0.318 e. The minimum atomic E-state index is -1.13. The zero-order valence-electron chi connectivity index (χ0n) is 13.5. The van der Waals surface area contributed by atoms with Gasteiger partial charge in [-0.3, -0.25) is 0 Å². The van der Waals surface area contributed by atoms with Gasteiger partial charge >= 0.3 is 11.5 Å². The summed E-state index contributed by atoms with van der Waals surface area (Å²) in [6, 6.07) is 8.06. The van der Waals surface area contributed by atoms with Gasteiger partial charge in [-0.1, -0.05) is 36.8 Å². The van der Waals surface area contributed by atoms with Gasteiger partial charge in [0.05, 0.1) is 5.97 Å². The summed E-state index contributed by atoms with van der Waals surface area (Å²) in [4.78, 5) is 10.1. The minimum absolute atomic E-state index is 0.211. The molecular formula is C17H26O4S. The van der Waals surface area contributed by atoms with Gasteiger partial charge in [-0.25, -0.2) is 0 Å². The molecule has 1 fully saturated rings. The van der Waals surface area contributed by atoms with E-state index in [1.807, 2.05) is 13.8 Å². The van der Waals surface area contributed by atoms with Gasteiger partial charge in [0, 0.05) is 12.8 Å². The second-order valence-corrected chi connectivity index (χ2v) is 6.65. The van der Waals surface area contributed by atoms with Crippen LogP contribution in [0.4, 0.5) is 0 Å². The fourth-order valence-corrected chi connectivity index (χ4v) is 3.93. The molecule has 0 radical (unpaired) electrons. The highest BCUT2D eigenvalue weighted by molar-refractivity contribution is 7.88. The highest BCUT2D eigenvalue weighted by Crippen LogP contribution is 2.26. The van der Waals surface area contributed by atoms with Gasteiger partial charge in [0.1, 0.15) is 13.2 Å². The molecule has 0 N–H and O–H groups in total. The Morgan fingerprint density at radius 3 is 2.05 bits per heavy atom. The van der Waals surface area contributed by atoms with Crippen molar-refractivity contribution in [1.29, 1.82) is 0 Å². The summed E-state index contributed by atoms with van der Waals surface area (Å²) in [5.74, 6) is -1.13. The molecule has 1 aromatic carbocycles. The summed E-state index contributed by atoms with van der Waals surface area (Å²) in [6.45, 7) is 5.64. The van der Waals surface area contributed by atoms with Crippen molar-refractivity contribution in [1.82, 2.24) is 0 Å². The molecule has 0 aliphatic heterocycles. The Morgan fingerprint density at radius 1 is 1.09 bits per heavy atom. The second-order valence-electron chi connectivity index (χ2n) is 4.99. The molecule has 0 aromatic heterocycles. The number of carbonyl (C=O) groups excluding carboxylic acids is 1. The van der Waals surface area contributed by atoms with Gasteiger partial charge in [-0.2, -0.15) is 0 Å². The molecule has 0 heterocycles. The van der Waals surface area contributed by atoms with Crippen molar-refractivity contribution in [2.75, 3.05) is 13.2 Å². The SMILES string of the molecule is CCO[S+](OCC)C1CCCCC1.O=C([O-])c1ccccc1. The lowest BCUT2D eigenvalue weighted by Crippen LogP contribution is -2.28. The molecule has 1 aromatic rings. The van der Waals surface area contributed by atoms with E-state index >= 15 is 0 Å². The number of hydrogen-bond donors (Lipinski definition) is 0. The molecule has 0 atom stereocenters. The molecule has 2 rings (SSSR count). The molecule has 0 saturated heterocycles. The average molecular weight is 326 g/mol. The fourth-order valence-electron chi connectivity index (χ4n) is 2.29. The molecule has 1 aliphatic carbocycles. The van der Waals surface area contributed by atoms with E-state index in [0.717, 1.165) is 13.2 Å². The van der Waals surface area contributed by atoms with Crippen LogP contribution in [0.3, 0.4) is 0 Å². The molecular weight excluding hydrogens is 300 g/mol. The van der Waals surface area contributed by atoms with Crippen LogP contribution in [0.2, 0.25) is 0 Å². The predicted octanol–water partition coefficient (Wildman–Crippen LogP) is 2.89. The van der Waals surface area contributed by atoms with Crippen LogP contribution < -0.4 is 5.11 Å². The topological polar surface area (TPSA) is 58.6 Å². The van der Waals surface area contributed by atoms with Crippen LogP contribution in [0.25, 0.3) is 0 Å². The first kappa shape index (κ1) is 19.0. The van der Waals surface area contributed by atoms with E-state index in [1.165, 1.54) is 44.2 Å². The summed E-state index contributed by atoms with van der Waals surface area (Å²) >= 11 is -0.211. The molecule has 0 amide bonds. The van der Waals surface area contributed by atoms with Crippen molar-refractivity contribution in [3.63, 3.8) is 0 Å². The van der Waals surface area contributed by atoms with Crippen molar-refractivity contribution in [3.8, 4) is 0 Å². The third-order valence-electron chi connectivity index (χ3n) is 3.30. The predicted molar refractivity (Wildman–Crippen MR) is 88.3 cm³/mol. The first-order valence-electron chi connectivity index (χ1n) is 7.95. The normalized spacial score (nSPS) is 15.2. The summed E-state index contributed by atoms with van der Waals surface area (Å²) in [5.41, 5.74) is 0.220. The summed E-state index contributed by atoms with van der Waals surface area (Å²) in [7, 11) is 0. The van der Waals surface area contributed by atoms with Crippen LogP contribution in [-0.2, 0) is 19.8 Å². The summed E-state index contributed by atoms with van der Waals surface area (Å²) in [6.07, 6.45) is 6.70. The number of aromatic carboxylic acids is 1. The van der Waals surface area contributed by atoms with Gasteiger partial charge < -0.3 is 9.90 Å². The van der Waals surface area contributed by atoms with Gasteiger partial charge in [0.15, 0.2) is 5.25 Å². The van der Waals surface area contributed by atoms with Crippen LogP contribution >= 0.6 is 0 Å². The van der Waals surface area contributed by atoms with Crippen LogP contribution in [-0.4, -0.2) is 24.4 Å². The zero-order chi connectivity index (χ0) is 16.2. The molecule has 0 spiro atoms. The second kappa shape index (κ2) is 11.5. The number of rotatable bonds is 6. The van der Waals surface area contributed by atoms with Crippen LogP contribution in [0.1, 0.15) is 56.3 Å². The van der Waals surface area contributed by atoms with Gasteiger partial charge in [0.2, 0.25) is 0 Å². The first-order chi connectivity index (χ1) is 10.7. The highest BCUT2D eigenvalue weighted by Gasteiger charge is 2.36. The van der Waals surface area contributed by atoms with Crippen molar-refractivity contribution >= 4 is 17.4 Å². The van der Waals surface area contributed by atoms with E-state index in [4.69, 9.17) is 8.37 Å². The molecule has 22 heavy (non-hydrogen) atoms. The quantitative estimate of drug-likeness (QED) is 0.754. The average Bonchev–Trinajstić information content (AvgIpc) is 2.57. The summed E-state index contributed by atoms with van der Waals surface area (Å²) < 4.78 is 11.3. The Labute approximate surface area is 136 Å². The number of benzene rings is 1. The number of carbonyl (C=O) groups is 1. The lowest BCUT2D eigenvalue weighted by molar-refractivity contribution is -0.255. The van der Waals surface area contributed by atoms with E-state index in [9.17, 15) is 9.90 Å².